The Balaban J connectivity index is 0.00000256. The molecule has 0 spiro atoms. The van der Waals surface area contributed by atoms with E-state index in [0.717, 1.165) is 85.7 Å². The molecule has 0 fully saturated rings. The fourth-order valence-corrected chi connectivity index (χ4v) is 8.00. The number of aromatic nitrogens is 1. The van der Waals surface area contributed by atoms with Gasteiger partial charge < -0.3 is 20.3 Å². The van der Waals surface area contributed by atoms with Crippen LogP contribution in [0.1, 0.15) is 101 Å². The van der Waals surface area contributed by atoms with Crippen molar-refractivity contribution in [3.05, 3.63) is 60.9 Å². The van der Waals surface area contributed by atoms with E-state index in [1.54, 1.807) is 0 Å². The predicted octanol–water partition coefficient (Wildman–Crippen LogP) is 5.05. The molecule has 8 bridgehead atoms. The van der Waals surface area contributed by atoms with Gasteiger partial charge in [-0.05, 0) is 137 Å². The molecule has 9 heteroatoms. The first-order valence-electron chi connectivity index (χ1n) is 15.6. The van der Waals surface area contributed by atoms with E-state index in [1.165, 1.54) is 95.9 Å². The molecule has 1 aromatic heterocycles. The van der Waals surface area contributed by atoms with E-state index in [9.17, 15) is 0 Å². The van der Waals surface area contributed by atoms with Gasteiger partial charge in [0.1, 0.15) is 0 Å². The van der Waals surface area contributed by atoms with Crippen LogP contribution in [0.5, 0.6) is 0 Å². The van der Waals surface area contributed by atoms with Crippen molar-refractivity contribution in [2.24, 2.45) is 30.0 Å². The van der Waals surface area contributed by atoms with Gasteiger partial charge >= 0.3 is 17.1 Å². The van der Waals surface area contributed by atoms with Gasteiger partial charge in [0.05, 0.1) is 11.7 Å². The third kappa shape index (κ3) is 4.18. The Morgan fingerprint density at radius 3 is 1.29 bits per heavy atom. The minimum Gasteiger partial charge on any atom is -0.611 e. The summed E-state index contributed by atoms with van der Waals surface area (Å²) < 4.78 is 0. The number of hydrogen-bond acceptors (Lipinski definition) is 6. The van der Waals surface area contributed by atoms with Crippen LogP contribution in [0.3, 0.4) is 0 Å². The summed E-state index contributed by atoms with van der Waals surface area (Å²) >= 11 is 0. The second-order valence-corrected chi connectivity index (χ2v) is 12.4. The second-order valence-electron chi connectivity index (χ2n) is 12.4. The standard InChI is InChI=1S/C32H34N8.Cu/c1-2-10-18-17(9-1)25-33-26(18)38-28-21-13-5-6-14-22(21)30(35-28)40-32-24-16-8-7-15-23(24)31(36-32)39-29-20-12-4-3-11-19(20)27(34-29)37-25;/h25-26H,1-16H2;/q-2;+2. The second kappa shape index (κ2) is 10.2. The molecule has 2 unspecified atom stereocenters. The molecule has 0 aromatic carbocycles. The van der Waals surface area contributed by atoms with E-state index in [0.29, 0.717) is 0 Å². The molecule has 0 saturated carbocycles. The fourth-order valence-electron chi connectivity index (χ4n) is 8.00. The minimum absolute atomic E-state index is 0. The third-order valence-electron chi connectivity index (χ3n) is 10.0. The number of amidine groups is 4. The maximum absolute atomic E-state index is 5.27. The Bertz CT molecular complexity index is 1570. The Morgan fingerprint density at radius 1 is 0.439 bits per heavy atom. The van der Waals surface area contributed by atoms with Crippen molar-refractivity contribution in [2.75, 3.05) is 0 Å². The van der Waals surface area contributed by atoms with Crippen LogP contribution < -0.4 is 16.0 Å². The molecule has 0 amide bonds. The van der Waals surface area contributed by atoms with Crippen LogP contribution in [0.15, 0.2) is 63.4 Å². The van der Waals surface area contributed by atoms with Crippen molar-refractivity contribution in [1.29, 1.82) is 0 Å². The van der Waals surface area contributed by atoms with Crippen molar-refractivity contribution in [1.82, 2.24) is 4.98 Å². The first-order chi connectivity index (χ1) is 19.8. The molecule has 1 radical (unpaired) electrons. The average Bonchev–Trinajstić information content (AvgIpc) is 3.73. The first-order valence-corrected chi connectivity index (χ1v) is 15.6. The van der Waals surface area contributed by atoms with Gasteiger partial charge in [-0.1, -0.05) is 11.1 Å². The summed E-state index contributed by atoms with van der Waals surface area (Å²) in [4.78, 5) is 36.2. The molecule has 0 saturated heterocycles. The molecule has 1 aromatic rings. The SMILES string of the molecule is C1CCC2=C(C1)C1=N/C2=N\C2[N-]C(/N=C3\N=C(N=c4[n-]c(c5c4CCCC5)=N1)C1=C3CCCC1)C1=C2CCCC1.[Cu+2]. The molecule has 41 heavy (non-hydrogen) atoms. The maximum Gasteiger partial charge on any atom is 2.00 e. The number of hydrogen-bond donors (Lipinski definition) is 0. The fraction of sp³-hybridized carbons (Fsp3) is 0.562. The smallest absolute Gasteiger partial charge is 0.611 e. The molecular weight excluding hydrogens is 560 g/mol. The first kappa shape index (κ1) is 25.9. The van der Waals surface area contributed by atoms with E-state index < -0.39 is 0 Å². The Hall–Kier alpha value is -2.74. The van der Waals surface area contributed by atoms with E-state index >= 15 is 0 Å². The summed E-state index contributed by atoms with van der Waals surface area (Å²) in [5, 5.41) is 5.24. The summed E-state index contributed by atoms with van der Waals surface area (Å²) in [6, 6.07) is 0. The number of fused-ring (bicyclic) bond motifs is 15. The molecule has 4 aliphatic carbocycles. The van der Waals surface area contributed by atoms with Crippen molar-refractivity contribution in [2.45, 2.75) is 115 Å². The van der Waals surface area contributed by atoms with Gasteiger partial charge in [0.25, 0.3) is 0 Å². The molecule has 4 aliphatic heterocycles. The number of rotatable bonds is 0. The van der Waals surface area contributed by atoms with Gasteiger partial charge in [-0.2, -0.15) is 0 Å². The molecule has 5 heterocycles. The van der Waals surface area contributed by atoms with Crippen LogP contribution >= 0.6 is 0 Å². The minimum atomic E-state index is -0.197. The van der Waals surface area contributed by atoms with Gasteiger partial charge in [-0.15, -0.1) is 0 Å². The number of nitrogens with zero attached hydrogens (tertiary/aromatic N) is 8. The summed E-state index contributed by atoms with van der Waals surface area (Å²) in [5.41, 5.74) is 12.0. The van der Waals surface area contributed by atoms with Crippen molar-refractivity contribution < 1.29 is 17.1 Å². The molecule has 9 rings (SSSR count). The zero-order valence-electron chi connectivity index (χ0n) is 23.3. The molecule has 2 atom stereocenters. The van der Waals surface area contributed by atoms with Crippen molar-refractivity contribution in [3.63, 3.8) is 0 Å². The van der Waals surface area contributed by atoms with E-state index in [-0.39, 0.29) is 29.4 Å². The van der Waals surface area contributed by atoms with Gasteiger partial charge in [0, 0.05) is 22.1 Å². The maximum atomic E-state index is 5.27. The van der Waals surface area contributed by atoms with Crippen LogP contribution in [-0.4, -0.2) is 35.7 Å². The summed E-state index contributed by atoms with van der Waals surface area (Å²) in [6.45, 7) is 0. The van der Waals surface area contributed by atoms with Crippen LogP contribution in [0.25, 0.3) is 5.32 Å². The van der Waals surface area contributed by atoms with Crippen molar-refractivity contribution >= 4 is 23.3 Å². The van der Waals surface area contributed by atoms with E-state index in [2.05, 4.69) is 0 Å². The summed E-state index contributed by atoms with van der Waals surface area (Å²) in [7, 11) is 0. The van der Waals surface area contributed by atoms with Crippen LogP contribution in [-0.2, 0) is 29.9 Å². The molecule has 8 nitrogen and oxygen atoms in total. The van der Waals surface area contributed by atoms with Crippen LogP contribution in [0.4, 0.5) is 0 Å². The van der Waals surface area contributed by atoms with E-state index in [1.807, 2.05) is 0 Å². The van der Waals surface area contributed by atoms with Gasteiger partial charge in [-0.3, -0.25) is 9.98 Å². The topological polar surface area (TPSA) is 102 Å². The van der Waals surface area contributed by atoms with Gasteiger partial charge in [0.2, 0.25) is 0 Å². The summed E-state index contributed by atoms with van der Waals surface area (Å²) in [6.07, 6.45) is 17.2. The molecule has 0 N–H and O–H groups in total. The van der Waals surface area contributed by atoms with Crippen LogP contribution in [0, 0.1) is 0 Å². The molecular formula is C32H34CuN8. The molecule has 213 valence electrons. The largest absolute Gasteiger partial charge is 2.00 e. The third-order valence-corrected chi connectivity index (χ3v) is 10.0. The van der Waals surface area contributed by atoms with Crippen LogP contribution in [0.2, 0.25) is 0 Å². The monoisotopic (exact) mass is 593 g/mol. The normalized spacial score (nSPS) is 30.8. The molecule has 8 aliphatic rings. The zero-order chi connectivity index (χ0) is 26.2. The number of aliphatic imine (C=N–C) groups is 4. The Kier molecular flexibility index (Phi) is 6.46. The average molecular weight is 594 g/mol. The zero-order valence-corrected chi connectivity index (χ0v) is 24.3. The van der Waals surface area contributed by atoms with Gasteiger partial charge in [-0.25, -0.2) is 9.98 Å². The Labute approximate surface area is 250 Å². The Morgan fingerprint density at radius 2 is 0.829 bits per heavy atom. The van der Waals surface area contributed by atoms with Crippen molar-refractivity contribution in [3.8, 4) is 0 Å². The predicted molar refractivity (Wildman–Crippen MR) is 156 cm³/mol. The summed E-state index contributed by atoms with van der Waals surface area (Å²) in [5.74, 6) is 3.34. The quantitative estimate of drug-likeness (QED) is 0.305. The van der Waals surface area contributed by atoms with E-state index in [4.69, 9.17) is 40.3 Å². The van der Waals surface area contributed by atoms with Gasteiger partial charge in [0.15, 0.2) is 11.7 Å².